The molecule has 1 unspecified atom stereocenters. The highest BCUT2D eigenvalue weighted by molar-refractivity contribution is 6.11. The molecule has 0 bridgehead atoms. The number of nitriles is 1. The van der Waals surface area contributed by atoms with E-state index in [1.54, 1.807) is 12.1 Å². The van der Waals surface area contributed by atoms with Crippen LogP contribution in [0.2, 0.25) is 0 Å². The van der Waals surface area contributed by atoms with Gasteiger partial charge in [0, 0.05) is 22.9 Å². The van der Waals surface area contributed by atoms with Crippen molar-refractivity contribution in [3.8, 4) is 17.6 Å². The lowest BCUT2D eigenvalue weighted by molar-refractivity contribution is -0.137. The van der Waals surface area contributed by atoms with E-state index in [0.29, 0.717) is 17.2 Å². The van der Waals surface area contributed by atoms with E-state index in [0.717, 1.165) is 23.1 Å². The van der Waals surface area contributed by atoms with Gasteiger partial charge in [-0.2, -0.15) is 18.4 Å². The molecule has 0 N–H and O–H groups in total. The van der Waals surface area contributed by atoms with Gasteiger partial charge in [0.2, 0.25) is 6.79 Å². The molecule has 2 heterocycles. The number of amides is 1. The third-order valence-electron chi connectivity index (χ3n) is 4.14. The van der Waals surface area contributed by atoms with E-state index >= 15 is 0 Å². The fourth-order valence-corrected chi connectivity index (χ4v) is 2.97. The molecule has 2 aromatic carbocycles. The average molecular weight is 346 g/mol. The molecule has 2 aliphatic heterocycles. The lowest BCUT2D eigenvalue weighted by atomic mass is 10.0. The van der Waals surface area contributed by atoms with Crippen LogP contribution in [0.25, 0.3) is 0 Å². The molecule has 2 aliphatic rings. The molecular formula is C17H9F3N2O3. The number of benzene rings is 2. The quantitative estimate of drug-likeness (QED) is 0.791. The number of carbonyl (C=O) groups excluding carboxylic acids is 1. The monoisotopic (exact) mass is 346 g/mol. The van der Waals surface area contributed by atoms with Gasteiger partial charge in [0.1, 0.15) is 0 Å². The molecule has 25 heavy (non-hydrogen) atoms. The van der Waals surface area contributed by atoms with Crippen molar-refractivity contribution in [2.24, 2.45) is 0 Å². The molecule has 0 spiro atoms. The van der Waals surface area contributed by atoms with E-state index in [9.17, 15) is 23.2 Å². The summed E-state index contributed by atoms with van der Waals surface area (Å²) in [6.45, 7) is 0.0452. The summed E-state index contributed by atoms with van der Waals surface area (Å²) >= 11 is 0. The summed E-state index contributed by atoms with van der Waals surface area (Å²) in [5.41, 5.74) is -0.422. The van der Waals surface area contributed by atoms with Crippen LogP contribution in [-0.4, -0.2) is 12.7 Å². The van der Waals surface area contributed by atoms with Gasteiger partial charge < -0.3 is 9.47 Å². The zero-order chi connectivity index (χ0) is 17.8. The third-order valence-corrected chi connectivity index (χ3v) is 4.14. The minimum absolute atomic E-state index is 0.0417. The highest BCUT2D eigenvalue weighted by Crippen LogP contribution is 2.43. The fraction of sp³-hybridized carbons (Fsp3) is 0.176. The van der Waals surface area contributed by atoms with E-state index in [4.69, 9.17) is 9.47 Å². The SMILES string of the molecule is N#CC1c2cc(C(F)(F)F)ccc2C(=O)N1c1ccc2c(c1)OCO2. The number of hydrogen-bond donors (Lipinski definition) is 0. The smallest absolute Gasteiger partial charge is 0.416 e. The van der Waals surface area contributed by atoms with E-state index in [2.05, 4.69) is 0 Å². The topological polar surface area (TPSA) is 62.6 Å². The van der Waals surface area contributed by atoms with Crippen LogP contribution in [0.3, 0.4) is 0 Å². The Morgan fingerprint density at radius 1 is 1.12 bits per heavy atom. The minimum atomic E-state index is -4.55. The molecule has 126 valence electrons. The summed E-state index contributed by atoms with van der Waals surface area (Å²) in [6.07, 6.45) is -4.55. The number of fused-ring (bicyclic) bond motifs is 2. The Balaban J connectivity index is 1.80. The summed E-state index contributed by atoms with van der Waals surface area (Å²) in [5, 5.41) is 9.47. The van der Waals surface area contributed by atoms with Crippen molar-refractivity contribution in [2.45, 2.75) is 12.2 Å². The predicted molar refractivity (Wildman–Crippen MR) is 79.2 cm³/mol. The molecule has 4 rings (SSSR count). The second-order valence-corrected chi connectivity index (χ2v) is 5.54. The molecule has 8 heteroatoms. The van der Waals surface area contributed by atoms with Crippen LogP contribution in [0.15, 0.2) is 36.4 Å². The van der Waals surface area contributed by atoms with Gasteiger partial charge in [-0.15, -0.1) is 0 Å². The molecule has 0 saturated carbocycles. The molecule has 1 amide bonds. The number of hydrogen-bond acceptors (Lipinski definition) is 4. The molecule has 1 atom stereocenters. The first-order valence-electron chi connectivity index (χ1n) is 7.24. The first-order chi connectivity index (χ1) is 11.9. The van der Waals surface area contributed by atoms with Crippen LogP contribution in [0, 0.1) is 11.3 Å². The predicted octanol–water partition coefficient (Wildman–Crippen LogP) is 3.66. The van der Waals surface area contributed by atoms with Gasteiger partial charge in [0.25, 0.3) is 5.91 Å². The van der Waals surface area contributed by atoms with E-state index < -0.39 is 23.7 Å². The highest BCUT2D eigenvalue weighted by atomic mass is 19.4. The van der Waals surface area contributed by atoms with Crippen LogP contribution < -0.4 is 14.4 Å². The van der Waals surface area contributed by atoms with Crippen LogP contribution in [0.4, 0.5) is 18.9 Å². The van der Waals surface area contributed by atoms with Gasteiger partial charge >= 0.3 is 6.18 Å². The lowest BCUT2D eigenvalue weighted by Crippen LogP contribution is -2.26. The third kappa shape index (κ3) is 2.28. The Morgan fingerprint density at radius 2 is 1.88 bits per heavy atom. The van der Waals surface area contributed by atoms with Crippen molar-refractivity contribution in [1.82, 2.24) is 0 Å². The summed E-state index contributed by atoms with van der Waals surface area (Å²) in [5.74, 6) is 0.379. The maximum atomic E-state index is 12.9. The van der Waals surface area contributed by atoms with E-state index in [-0.39, 0.29) is 17.9 Å². The van der Waals surface area contributed by atoms with Crippen LogP contribution >= 0.6 is 0 Å². The van der Waals surface area contributed by atoms with Crippen LogP contribution in [-0.2, 0) is 6.18 Å². The van der Waals surface area contributed by atoms with Crippen LogP contribution in [0.5, 0.6) is 11.5 Å². The van der Waals surface area contributed by atoms with E-state index in [1.165, 1.54) is 6.07 Å². The summed E-state index contributed by atoms with van der Waals surface area (Å²) in [6, 6.07) is 8.25. The van der Waals surface area contributed by atoms with Crippen LogP contribution in [0.1, 0.15) is 27.5 Å². The Kier molecular flexibility index (Phi) is 3.15. The molecular weight excluding hydrogens is 337 g/mol. The number of carbonyl (C=O) groups is 1. The van der Waals surface area contributed by atoms with Gasteiger partial charge in [-0.3, -0.25) is 9.69 Å². The molecule has 0 saturated heterocycles. The van der Waals surface area contributed by atoms with Gasteiger partial charge in [0.05, 0.1) is 11.6 Å². The van der Waals surface area contributed by atoms with Gasteiger partial charge in [-0.1, -0.05) is 0 Å². The molecule has 0 fully saturated rings. The number of anilines is 1. The number of rotatable bonds is 1. The number of ether oxygens (including phenoxy) is 2. The Labute approximate surface area is 139 Å². The molecule has 0 aromatic heterocycles. The fourth-order valence-electron chi connectivity index (χ4n) is 2.97. The summed E-state index contributed by atoms with van der Waals surface area (Å²) in [7, 11) is 0. The standard InChI is InChI=1S/C17H9F3N2O3/c18-17(19,20)9-1-3-11-12(5-9)13(7-21)22(16(11)23)10-2-4-14-15(6-10)25-8-24-14/h1-6,13H,8H2. The average Bonchev–Trinajstić information content (AvgIpc) is 3.15. The molecule has 0 radical (unpaired) electrons. The van der Waals surface area contributed by atoms with E-state index in [1.807, 2.05) is 6.07 Å². The maximum Gasteiger partial charge on any atom is 0.416 e. The van der Waals surface area contributed by atoms with Gasteiger partial charge in [-0.05, 0) is 30.3 Å². The second-order valence-electron chi connectivity index (χ2n) is 5.54. The maximum absolute atomic E-state index is 12.9. The number of alkyl halides is 3. The van der Waals surface area contributed by atoms with Crippen molar-refractivity contribution in [3.05, 3.63) is 53.1 Å². The van der Waals surface area contributed by atoms with Crippen molar-refractivity contribution < 1.29 is 27.4 Å². The highest BCUT2D eigenvalue weighted by Gasteiger charge is 2.41. The van der Waals surface area contributed by atoms with Gasteiger partial charge in [-0.25, -0.2) is 0 Å². The molecule has 5 nitrogen and oxygen atoms in total. The Hall–Kier alpha value is -3.21. The summed E-state index contributed by atoms with van der Waals surface area (Å²) < 4.78 is 49.3. The first kappa shape index (κ1) is 15.3. The first-order valence-corrected chi connectivity index (χ1v) is 7.24. The Morgan fingerprint density at radius 3 is 2.60 bits per heavy atom. The summed E-state index contributed by atoms with van der Waals surface area (Å²) in [4.78, 5) is 13.8. The minimum Gasteiger partial charge on any atom is -0.454 e. The molecule has 2 aromatic rings. The zero-order valence-electron chi connectivity index (χ0n) is 12.5. The lowest BCUT2D eigenvalue weighted by Gasteiger charge is -2.20. The van der Waals surface area contributed by atoms with Crippen molar-refractivity contribution in [2.75, 3.05) is 11.7 Å². The van der Waals surface area contributed by atoms with Crippen molar-refractivity contribution in [1.29, 1.82) is 5.26 Å². The normalized spacial score (nSPS) is 18.2. The Bertz CT molecular complexity index is 934. The van der Waals surface area contributed by atoms with Crippen molar-refractivity contribution in [3.63, 3.8) is 0 Å². The number of nitrogens with zero attached hydrogens (tertiary/aromatic N) is 2. The molecule has 0 aliphatic carbocycles. The second kappa shape index (κ2) is 5.14. The zero-order valence-corrected chi connectivity index (χ0v) is 12.5. The number of halogens is 3. The largest absolute Gasteiger partial charge is 0.454 e. The van der Waals surface area contributed by atoms with Crippen molar-refractivity contribution >= 4 is 11.6 Å². The van der Waals surface area contributed by atoms with Gasteiger partial charge in [0.15, 0.2) is 17.5 Å².